The van der Waals surface area contributed by atoms with E-state index >= 15 is 0 Å². The summed E-state index contributed by atoms with van der Waals surface area (Å²) in [5.41, 5.74) is 1.08. The van der Waals surface area contributed by atoms with Crippen molar-refractivity contribution in [3.8, 4) is 5.75 Å². The van der Waals surface area contributed by atoms with Crippen LogP contribution < -0.4 is 14.8 Å². The summed E-state index contributed by atoms with van der Waals surface area (Å²) in [6, 6.07) is 14.0. The fourth-order valence-electron chi connectivity index (χ4n) is 2.73. The van der Waals surface area contributed by atoms with Gasteiger partial charge in [-0.2, -0.15) is 0 Å². The first kappa shape index (κ1) is 22.5. The van der Waals surface area contributed by atoms with Crippen molar-refractivity contribution in [3.05, 3.63) is 71.1 Å². The van der Waals surface area contributed by atoms with Gasteiger partial charge in [0.1, 0.15) is 17.4 Å². The van der Waals surface area contributed by atoms with Gasteiger partial charge in [-0.3, -0.25) is 9.52 Å². The van der Waals surface area contributed by atoms with Crippen molar-refractivity contribution < 1.29 is 17.9 Å². The van der Waals surface area contributed by atoms with Crippen molar-refractivity contribution in [3.63, 3.8) is 0 Å². The Morgan fingerprint density at radius 3 is 2.42 bits per heavy atom. The Bertz CT molecular complexity index is 1180. The summed E-state index contributed by atoms with van der Waals surface area (Å²) in [4.78, 5) is 20.6. The average molecular weight is 461 g/mol. The Morgan fingerprint density at radius 2 is 1.77 bits per heavy atom. The average Bonchev–Trinajstić information content (AvgIpc) is 2.67. The Morgan fingerprint density at radius 1 is 1.06 bits per heavy atom. The monoisotopic (exact) mass is 460 g/mol. The van der Waals surface area contributed by atoms with Gasteiger partial charge in [-0.25, -0.2) is 18.4 Å². The van der Waals surface area contributed by atoms with Gasteiger partial charge in [0, 0.05) is 22.5 Å². The summed E-state index contributed by atoms with van der Waals surface area (Å²) in [5.74, 6) is 0.734. The van der Waals surface area contributed by atoms with Crippen molar-refractivity contribution in [2.45, 2.75) is 31.8 Å². The molecule has 1 aromatic heterocycles. The van der Waals surface area contributed by atoms with Crippen LogP contribution in [0.2, 0.25) is 5.02 Å². The highest BCUT2D eigenvalue weighted by molar-refractivity contribution is 7.92. The molecule has 0 saturated carbocycles. The fraction of sp³-hybridized carbons (Fsp3) is 0.190. The summed E-state index contributed by atoms with van der Waals surface area (Å²) in [5, 5.41) is 3.19. The number of carbonyl (C=O) groups is 1. The van der Waals surface area contributed by atoms with Crippen molar-refractivity contribution in [1.82, 2.24) is 9.97 Å². The van der Waals surface area contributed by atoms with Crippen LogP contribution in [0.1, 0.15) is 18.4 Å². The minimum atomic E-state index is -3.84. The SMILES string of the molecule is Cc1cc(NS(=O)(=O)c2ccc(NC(=O)[C@@H](C)Oc3cccc(Cl)c3)cc2)nc(C)n1. The number of nitrogens with one attached hydrogen (secondary N) is 2. The minimum Gasteiger partial charge on any atom is -0.481 e. The van der Waals surface area contributed by atoms with E-state index in [1.54, 1.807) is 51.1 Å². The molecule has 0 aliphatic rings. The molecular formula is C21H21ClN4O4S. The zero-order valence-electron chi connectivity index (χ0n) is 17.1. The molecule has 0 bridgehead atoms. The molecule has 3 rings (SSSR count). The smallest absolute Gasteiger partial charge is 0.265 e. The zero-order chi connectivity index (χ0) is 22.6. The van der Waals surface area contributed by atoms with Gasteiger partial charge >= 0.3 is 0 Å². The number of benzene rings is 2. The number of aryl methyl sites for hydroxylation is 2. The Hall–Kier alpha value is -3.17. The lowest BCUT2D eigenvalue weighted by atomic mass is 10.3. The molecule has 1 amide bonds. The van der Waals surface area contributed by atoms with E-state index in [1.807, 2.05) is 0 Å². The highest BCUT2D eigenvalue weighted by Crippen LogP contribution is 2.20. The summed E-state index contributed by atoms with van der Waals surface area (Å²) >= 11 is 5.91. The first-order valence-electron chi connectivity index (χ1n) is 9.31. The number of ether oxygens (including phenoxy) is 1. The van der Waals surface area contributed by atoms with Crippen molar-refractivity contribution >= 4 is 39.0 Å². The summed E-state index contributed by atoms with van der Waals surface area (Å²) in [6.45, 7) is 5.03. The van der Waals surface area contributed by atoms with Gasteiger partial charge in [-0.15, -0.1) is 0 Å². The minimum absolute atomic E-state index is 0.0302. The molecule has 0 saturated heterocycles. The number of sulfonamides is 1. The molecule has 0 radical (unpaired) electrons. The molecule has 1 atom stereocenters. The van der Waals surface area contributed by atoms with Crippen LogP contribution >= 0.6 is 11.6 Å². The Balaban J connectivity index is 1.65. The molecule has 10 heteroatoms. The molecule has 0 aliphatic heterocycles. The molecule has 0 fully saturated rings. The first-order chi connectivity index (χ1) is 14.6. The maximum Gasteiger partial charge on any atom is 0.265 e. The van der Waals surface area contributed by atoms with Gasteiger partial charge in [0.25, 0.3) is 15.9 Å². The predicted octanol–water partition coefficient (Wildman–Crippen LogP) is 3.95. The van der Waals surface area contributed by atoms with Crippen LogP contribution in [0.15, 0.2) is 59.5 Å². The number of nitrogens with zero attached hydrogens (tertiary/aromatic N) is 2. The molecule has 8 nitrogen and oxygen atoms in total. The van der Waals surface area contributed by atoms with Crippen molar-refractivity contribution in [2.75, 3.05) is 10.0 Å². The number of amides is 1. The van der Waals surface area contributed by atoms with Gasteiger partial charge in [0.15, 0.2) is 6.10 Å². The van der Waals surface area contributed by atoms with Gasteiger partial charge in [-0.1, -0.05) is 17.7 Å². The van der Waals surface area contributed by atoms with Crippen LogP contribution in [0.25, 0.3) is 0 Å². The van der Waals surface area contributed by atoms with E-state index in [1.165, 1.54) is 24.3 Å². The molecule has 1 heterocycles. The standard InChI is InChI=1S/C21H21ClN4O4S/c1-13-11-20(24-15(3)23-13)26-31(28,29)19-9-7-17(8-10-19)25-21(27)14(2)30-18-6-4-5-16(22)12-18/h4-12,14H,1-3H3,(H,25,27)(H,23,24,26)/t14-/m1/s1. The molecule has 162 valence electrons. The molecule has 2 aromatic carbocycles. The summed E-state index contributed by atoms with van der Waals surface area (Å²) in [7, 11) is -3.84. The zero-order valence-corrected chi connectivity index (χ0v) is 18.7. The van der Waals surface area contributed by atoms with Crippen LogP contribution in [0.3, 0.4) is 0 Å². The lowest BCUT2D eigenvalue weighted by Gasteiger charge is -2.15. The van der Waals surface area contributed by atoms with Crippen molar-refractivity contribution in [1.29, 1.82) is 0 Å². The van der Waals surface area contributed by atoms with E-state index in [9.17, 15) is 13.2 Å². The first-order valence-corrected chi connectivity index (χ1v) is 11.2. The van der Waals surface area contributed by atoms with E-state index in [2.05, 4.69) is 20.0 Å². The number of hydrogen-bond donors (Lipinski definition) is 2. The molecule has 2 N–H and O–H groups in total. The number of aromatic nitrogens is 2. The van der Waals surface area contributed by atoms with Gasteiger partial charge < -0.3 is 10.1 Å². The number of anilines is 2. The Kier molecular flexibility index (Phi) is 6.77. The number of halogens is 1. The topological polar surface area (TPSA) is 110 Å². The van der Waals surface area contributed by atoms with Crippen molar-refractivity contribution in [2.24, 2.45) is 0 Å². The predicted molar refractivity (Wildman–Crippen MR) is 119 cm³/mol. The van der Waals surface area contributed by atoms with E-state index < -0.39 is 16.1 Å². The van der Waals surface area contributed by atoms with E-state index in [0.29, 0.717) is 28.0 Å². The second-order valence-electron chi connectivity index (χ2n) is 6.78. The maximum atomic E-state index is 12.6. The number of carbonyl (C=O) groups excluding carboxylic acids is 1. The third-order valence-electron chi connectivity index (χ3n) is 4.12. The molecule has 0 aliphatic carbocycles. The lowest BCUT2D eigenvalue weighted by Crippen LogP contribution is -2.30. The van der Waals surface area contributed by atoms with E-state index in [0.717, 1.165) is 0 Å². The lowest BCUT2D eigenvalue weighted by molar-refractivity contribution is -0.122. The van der Waals surface area contributed by atoms with E-state index in [-0.39, 0.29) is 16.6 Å². The molecule has 0 spiro atoms. The Labute approximate surface area is 185 Å². The fourth-order valence-corrected chi connectivity index (χ4v) is 3.90. The molecule has 3 aromatic rings. The largest absolute Gasteiger partial charge is 0.481 e. The second kappa shape index (κ2) is 9.32. The van der Waals surface area contributed by atoms with Crippen LogP contribution in [0, 0.1) is 13.8 Å². The highest BCUT2D eigenvalue weighted by Gasteiger charge is 2.18. The van der Waals surface area contributed by atoms with Gasteiger partial charge in [-0.05, 0) is 63.2 Å². The number of hydrogen-bond acceptors (Lipinski definition) is 6. The van der Waals surface area contributed by atoms with E-state index in [4.69, 9.17) is 16.3 Å². The molecule has 0 unspecified atom stereocenters. The van der Waals surface area contributed by atoms with Crippen LogP contribution in [0.4, 0.5) is 11.5 Å². The van der Waals surface area contributed by atoms with Gasteiger partial charge in [0.05, 0.1) is 4.90 Å². The summed E-state index contributed by atoms with van der Waals surface area (Å²) < 4.78 is 33.2. The second-order valence-corrected chi connectivity index (χ2v) is 8.90. The van der Waals surface area contributed by atoms with Crippen LogP contribution in [-0.4, -0.2) is 30.4 Å². The van der Waals surface area contributed by atoms with Crippen LogP contribution in [-0.2, 0) is 14.8 Å². The molecular weight excluding hydrogens is 440 g/mol. The van der Waals surface area contributed by atoms with Crippen LogP contribution in [0.5, 0.6) is 5.75 Å². The normalized spacial score (nSPS) is 12.1. The quantitative estimate of drug-likeness (QED) is 0.552. The highest BCUT2D eigenvalue weighted by atomic mass is 35.5. The van der Waals surface area contributed by atoms with Gasteiger partial charge in [0.2, 0.25) is 0 Å². The number of rotatable bonds is 7. The molecule has 31 heavy (non-hydrogen) atoms. The third-order valence-corrected chi connectivity index (χ3v) is 5.72. The third kappa shape index (κ3) is 6.16. The maximum absolute atomic E-state index is 12.6. The summed E-state index contributed by atoms with van der Waals surface area (Å²) in [6.07, 6.45) is -0.784.